The van der Waals surface area contributed by atoms with Crippen LogP contribution in [0.2, 0.25) is 0 Å². The van der Waals surface area contributed by atoms with Gasteiger partial charge in [-0.3, -0.25) is 9.59 Å². The molecule has 23 heavy (non-hydrogen) atoms. The third-order valence-corrected chi connectivity index (χ3v) is 3.01. The largest absolute Gasteiger partial charge is 0.496 e. The van der Waals surface area contributed by atoms with Crippen LogP contribution in [0, 0.1) is 0 Å². The van der Waals surface area contributed by atoms with Crippen molar-refractivity contribution < 1.29 is 18.7 Å². The predicted octanol–water partition coefficient (Wildman–Crippen LogP) is 2.20. The lowest BCUT2D eigenvalue weighted by atomic mass is 10.2. The number of para-hydroxylation sites is 1. The second-order valence-electron chi connectivity index (χ2n) is 4.59. The summed E-state index contributed by atoms with van der Waals surface area (Å²) in [5.41, 5.74) is 0.433. The molecule has 0 aliphatic carbocycles. The van der Waals surface area contributed by atoms with Crippen molar-refractivity contribution in [3.05, 3.63) is 59.7 Å². The Morgan fingerprint density at radius 1 is 1.22 bits per heavy atom. The predicted molar refractivity (Wildman–Crippen MR) is 85.8 cm³/mol. The molecule has 2 amide bonds. The molecule has 0 aliphatic rings. The highest BCUT2D eigenvalue weighted by atomic mass is 16.5. The quantitative estimate of drug-likeness (QED) is 0.801. The number of benzene rings is 1. The van der Waals surface area contributed by atoms with E-state index in [9.17, 15) is 9.59 Å². The van der Waals surface area contributed by atoms with Crippen LogP contribution in [0.1, 0.15) is 23.0 Å². The Morgan fingerprint density at radius 2 is 2.00 bits per heavy atom. The van der Waals surface area contributed by atoms with E-state index in [-0.39, 0.29) is 5.70 Å². The summed E-state index contributed by atoms with van der Waals surface area (Å²) in [4.78, 5) is 24.6. The minimum absolute atomic E-state index is 0.0951. The van der Waals surface area contributed by atoms with Crippen molar-refractivity contribution >= 4 is 17.9 Å². The first-order chi connectivity index (χ1) is 11.2. The molecule has 6 nitrogen and oxygen atoms in total. The maximum Gasteiger partial charge on any atom is 0.267 e. The molecule has 6 heteroatoms. The normalized spacial score (nSPS) is 11.0. The van der Waals surface area contributed by atoms with Gasteiger partial charge in [-0.15, -0.1) is 0 Å². The number of rotatable bonds is 6. The lowest BCUT2D eigenvalue weighted by Crippen LogP contribution is -2.34. The first-order valence-corrected chi connectivity index (χ1v) is 7.13. The number of nitrogens with one attached hydrogen (secondary N) is 2. The molecular weight excluding hydrogens is 296 g/mol. The highest BCUT2D eigenvalue weighted by molar-refractivity contribution is 6.06. The van der Waals surface area contributed by atoms with Gasteiger partial charge >= 0.3 is 0 Å². The molecule has 0 atom stereocenters. The van der Waals surface area contributed by atoms with Gasteiger partial charge in [0.15, 0.2) is 0 Å². The molecule has 0 radical (unpaired) electrons. The minimum Gasteiger partial charge on any atom is -0.496 e. The zero-order chi connectivity index (χ0) is 16.7. The summed E-state index contributed by atoms with van der Waals surface area (Å²) in [5, 5.41) is 5.25. The van der Waals surface area contributed by atoms with Crippen LogP contribution < -0.4 is 15.4 Å². The van der Waals surface area contributed by atoms with E-state index in [1.807, 2.05) is 0 Å². The number of furan rings is 1. The fourth-order valence-corrected chi connectivity index (χ4v) is 1.95. The molecule has 2 rings (SSSR count). The Labute approximate surface area is 134 Å². The van der Waals surface area contributed by atoms with E-state index in [0.717, 1.165) is 0 Å². The van der Waals surface area contributed by atoms with Gasteiger partial charge in [0.05, 0.1) is 18.9 Å². The van der Waals surface area contributed by atoms with E-state index in [2.05, 4.69) is 10.6 Å². The van der Waals surface area contributed by atoms with Crippen molar-refractivity contribution in [2.45, 2.75) is 6.92 Å². The van der Waals surface area contributed by atoms with Gasteiger partial charge in [-0.2, -0.15) is 0 Å². The van der Waals surface area contributed by atoms with Gasteiger partial charge in [-0.05, 0) is 31.2 Å². The summed E-state index contributed by atoms with van der Waals surface area (Å²) in [7, 11) is 1.48. The molecule has 1 aromatic heterocycles. The zero-order valence-corrected chi connectivity index (χ0v) is 13.0. The van der Waals surface area contributed by atoms with Crippen LogP contribution >= 0.6 is 0 Å². The average molecular weight is 314 g/mol. The molecular formula is C17H18N2O4. The van der Waals surface area contributed by atoms with Crippen molar-refractivity contribution in [1.29, 1.82) is 0 Å². The number of carbonyl (C=O) groups excluding carboxylic acids is 2. The SMILES string of the molecule is CCNC(=O)/C(=C/c1ccco1)NC(=O)c1ccccc1OC. The van der Waals surface area contributed by atoms with Crippen molar-refractivity contribution in [3.8, 4) is 5.75 Å². The van der Waals surface area contributed by atoms with E-state index in [4.69, 9.17) is 9.15 Å². The molecule has 0 fully saturated rings. The molecule has 0 aliphatic heterocycles. The summed E-state index contributed by atoms with van der Waals surface area (Å²) in [5.74, 6) is 0.0588. The number of carbonyl (C=O) groups is 2. The lowest BCUT2D eigenvalue weighted by Gasteiger charge is -2.11. The summed E-state index contributed by atoms with van der Waals surface area (Å²) in [6.45, 7) is 2.24. The monoisotopic (exact) mass is 314 g/mol. The van der Waals surface area contributed by atoms with Crippen LogP contribution in [0.3, 0.4) is 0 Å². The number of hydrogen-bond acceptors (Lipinski definition) is 4. The van der Waals surface area contributed by atoms with Crippen LogP contribution in [-0.4, -0.2) is 25.5 Å². The van der Waals surface area contributed by atoms with Crippen LogP contribution in [0.25, 0.3) is 6.08 Å². The smallest absolute Gasteiger partial charge is 0.267 e. The Bertz CT molecular complexity index is 705. The van der Waals surface area contributed by atoms with Crippen molar-refractivity contribution in [2.75, 3.05) is 13.7 Å². The zero-order valence-electron chi connectivity index (χ0n) is 13.0. The number of hydrogen-bond donors (Lipinski definition) is 2. The van der Waals surface area contributed by atoms with Crippen molar-refractivity contribution in [2.24, 2.45) is 0 Å². The Kier molecular flexibility index (Phi) is 5.57. The molecule has 0 bridgehead atoms. The molecule has 0 saturated heterocycles. The van der Waals surface area contributed by atoms with Gasteiger partial charge in [0.25, 0.3) is 11.8 Å². The average Bonchev–Trinajstić information content (AvgIpc) is 3.07. The third kappa shape index (κ3) is 4.23. The molecule has 2 aromatic rings. The molecule has 0 spiro atoms. The first kappa shape index (κ1) is 16.4. The van der Waals surface area contributed by atoms with Crippen LogP contribution in [-0.2, 0) is 4.79 Å². The second-order valence-corrected chi connectivity index (χ2v) is 4.59. The summed E-state index contributed by atoms with van der Waals surface area (Å²) in [6, 6.07) is 10.2. The number of ether oxygens (including phenoxy) is 1. The third-order valence-electron chi connectivity index (χ3n) is 3.01. The summed E-state index contributed by atoms with van der Waals surface area (Å²) >= 11 is 0. The van der Waals surface area contributed by atoms with E-state index in [1.165, 1.54) is 19.4 Å². The van der Waals surface area contributed by atoms with E-state index in [1.54, 1.807) is 43.3 Å². The van der Waals surface area contributed by atoms with Gasteiger partial charge < -0.3 is 19.8 Å². The summed E-state index contributed by atoms with van der Waals surface area (Å²) < 4.78 is 10.4. The van der Waals surface area contributed by atoms with E-state index in [0.29, 0.717) is 23.6 Å². The molecule has 120 valence electrons. The van der Waals surface area contributed by atoms with Gasteiger partial charge in [0, 0.05) is 12.6 Å². The van der Waals surface area contributed by atoms with E-state index < -0.39 is 11.8 Å². The number of methoxy groups -OCH3 is 1. The lowest BCUT2D eigenvalue weighted by molar-refractivity contribution is -0.117. The standard InChI is InChI=1S/C17H18N2O4/c1-3-18-17(21)14(11-12-7-6-10-23-12)19-16(20)13-8-4-5-9-15(13)22-2/h4-11H,3H2,1-2H3,(H,18,21)(H,19,20)/b14-11-. The topological polar surface area (TPSA) is 80.6 Å². The second kappa shape index (κ2) is 7.84. The highest BCUT2D eigenvalue weighted by Crippen LogP contribution is 2.17. The Morgan fingerprint density at radius 3 is 2.65 bits per heavy atom. The minimum atomic E-state index is -0.438. The maximum absolute atomic E-state index is 12.4. The van der Waals surface area contributed by atoms with Gasteiger partial charge in [0.2, 0.25) is 0 Å². The molecule has 0 saturated carbocycles. The highest BCUT2D eigenvalue weighted by Gasteiger charge is 2.17. The van der Waals surface area contributed by atoms with Gasteiger partial charge in [0.1, 0.15) is 17.2 Å². The molecule has 2 N–H and O–H groups in total. The number of amides is 2. The van der Waals surface area contributed by atoms with Crippen molar-refractivity contribution in [1.82, 2.24) is 10.6 Å². The van der Waals surface area contributed by atoms with Gasteiger partial charge in [-0.25, -0.2) is 0 Å². The number of likely N-dealkylation sites (N-methyl/N-ethyl adjacent to an activating group) is 1. The molecule has 1 aromatic carbocycles. The molecule has 1 heterocycles. The fraction of sp³-hybridized carbons (Fsp3) is 0.176. The Balaban J connectivity index is 2.27. The van der Waals surface area contributed by atoms with Gasteiger partial charge in [-0.1, -0.05) is 12.1 Å². The molecule has 0 unspecified atom stereocenters. The van der Waals surface area contributed by atoms with Crippen LogP contribution in [0.4, 0.5) is 0 Å². The first-order valence-electron chi connectivity index (χ1n) is 7.13. The summed E-state index contributed by atoms with van der Waals surface area (Å²) in [6.07, 6.45) is 2.96. The van der Waals surface area contributed by atoms with Crippen molar-refractivity contribution in [3.63, 3.8) is 0 Å². The maximum atomic E-state index is 12.4. The Hall–Kier alpha value is -3.02. The van der Waals surface area contributed by atoms with Crippen LogP contribution in [0.5, 0.6) is 5.75 Å². The van der Waals surface area contributed by atoms with E-state index >= 15 is 0 Å². The fourth-order valence-electron chi connectivity index (χ4n) is 1.95. The van der Waals surface area contributed by atoms with Crippen LogP contribution in [0.15, 0.2) is 52.8 Å².